The highest BCUT2D eigenvalue weighted by Gasteiger charge is 2.21. The van der Waals surface area contributed by atoms with Crippen molar-refractivity contribution in [3.63, 3.8) is 0 Å². The summed E-state index contributed by atoms with van der Waals surface area (Å²) >= 11 is 0. The van der Waals surface area contributed by atoms with E-state index in [1.807, 2.05) is 30.3 Å². The third-order valence-corrected chi connectivity index (χ3v) is 3.04. The number of benzene rings is 1. The molecule has 1 aromatic rings. The second-order valence-electron chi connectivity index (χ2n) is 4.39. The van der Waals surface area contributed by atoms with Crippen molar-refractivity contribution in [1.82, 2.24) is 5.32 Å². The molecule has 0 aliphatic carbocycles. The van der Waals surface area contributed by atoms with Crippen LogP contribution < -0.4 is 5.32 Å². The van der Waals surface area contributed by atoms with Crippen LogP contribution in [0.1, 0.15) is 25.3 Å². The molecule has 1 aliphatic rings. The van der Waals surface area contributed by atoms with E-state index < -0.39 is 0 Å². The lowest BCUT2D eigenvalue weighted by molar-refractivity contribution is 0.0850. The maximum atomic E-state index is 5.62. The fraction of sp³-hybridized carbons (Fsp3) is 0.467. The van der Waals surface area contributed by atoms with E-state index in [9.17, 15) is 0 Å². The van der Waals surface area contributed by atoms with Crippen LogP contribution in [0.2, 0.25) is 0 Å². The molecule has 1 fully saturated rings. The zero-order valence-electron chi connectivity index (χ0n) is 10.3. The average molecular weight is 229 g/mol. The van der Waals surface area contributed by atoms with E-state index in [-0.39, 0.29) is 0 Å². The second-order valence-corrected chi connectivity index (χ2v) is 4.39. The molecule has 1 heterocycles. The molecular weight excluding hydrogens is 210 g/mol. The molecular formula is C15H19NO. The standard InChI is InChI=1S/C15H19NO/c1-13(15-10-6-12-17-15)16-11-5-9-14-7-3-2-4-8-14/h2-4,7-8,13,15-16H,6,10-12H2,1H3. The molecule has 1 aromatic carbocycles. The maximum Gasteiger partial charge on any atom is 0.0726 e. The Balaban J connectivity index is 1.74. The van der Waals surface area contributed by atoms with Crippen molar-refractivity contribution >= 4 is 0 Å². The smallest absolute Gasteiger partial charge is 0.0726 e. The molecule has 2 atom stereocenters. The molecule has 0 radical (unpaired) electrons. The van der Waals surface area contributed by atoms with Crippen molar-refractivity contribution in [1.29, 1.82) is 0 Å². The summed E-state index contributed by atoms with van der Waals surface area (Å²) < 4.78 is 5.62. The van der Waals surface area contributed by atoms with Gasteiger partial charge in [-0.15, -0.1) is 0 Å². The first-order chi connectivity index (χ1) is 8.36. The summed E-state index contributed by atoms with van der Waals surface area (Å²) in [5.74, 6) is 6.28. The van der Waals surface area contributed by atoms with Gasteiger partial charge in [0.25, 0.3) is 0 Å². The van der Waals surface area contributed by atoms with E-state index in [2.05, 4.69) is 24.1 Å². The Bertz CT molecular complexity index is 384. The van der Waals surface area contributed by atoms with Crippen LogP contribution in [0.4, 0.5) is 0 Å². The molecule has 1 aliphatic heterocycles. The molecule has 2 nitrogen and oxygen atoms in total. The van der Waals surface area contributed by atoms with Crippen LogP contribution in [0.3, 0.4) is 0 Å². The predicted octanol–water partition coefficient (Wildman–Crippen LogP) is 2.20. The second kappa shape index (κ2) is 6.44. The fourth-order valence-corrected chi connectivity index (χ4v) is 2.01. The zero-order valence-corrected chi connectivity index (χ0v) is 10.3. The SMILES string of the molecule is CC(NCC#Cc1ccccc1)C1CCCO1. The molecule has 2 unspecified atom stereocenters. The van der Waals surface area contributed by atoms with E-state index in [0.29, 0.717) is 12.1 Å². The predicted molar refractivity (Wildman–Crippen MR) is 69.8 cm³/mol. The van der Waals surface area contributed by atoms with Gasteiger partial charge in [-0.3, -0.25) is 0 Å². The lowest BCUT2D eigenvalue weighted by Gasteiger charge is -2.18. The molecule has 0 bridgehead atoms. The Morgan fingerprint density at radius 2 is 2.24 bits per heavy atom. The Morgan fingerprint density at radius 3 is 2.94 bits per heavy atom. The minimum Gasteiger partial charge on any atom is -0.377 e. The van der Waals surface area contributed by atoms with Gasteiger partial charge in [0.1, 0.15) is 0 Å². The highest BCUT2D eigenvalue weighted by molar-refractivity contribution is 5.33. The van der Waals surface area contributed by atoms with E-state index in [1.165, 1.54) is 12.8 Å². The van der Waals surface area contributed by atoms with Crippen molar-refractivity contribution in [2.75, 3.05) is 13.2 Å². The molecule has 2 heteroatoms. The Kier molecular flexibility index (Phi) is 4.61. The summed E-state index contributed by atoms with van der Waals surface area (Å²) in [6.45, 7) is 3.79. The lowest BCUT2D eigenvalue weighted by atomic mass is 10.1. The molecule has 1 N–H and O–H groups in total. The molecule has 1 saturated heterocycles. The van der Waals surface area contributed by atoms with Crippen LogP contribution >= 0.6 is 0 Å². The van der Waals surface area contributed by atoms with Crippen LogP contribution in [0.5, 0.6) is 0 Å². The van der Waals surface area contributed by atoms with E-state index in [0.717, 1.165) is 18.7 Å². The summed E-state index contributed by atoms with van der Waals surface area (Å²) in [5, 5.41) is 3.40. The Labute approximate surface area is 103 Å². The van der Waals surface area contributed by atoms with E-state index in [4.69, 9.17) is 4.74 Å². The third-order valence-electron chi connectivity index (χ3n) is 3.04. The van der Waals surface area contributed by atoms with E-state index >= 15 is 0 Å². The number of rotatable bonds is 3. The third kappa shape index (κ3) is 3.89. The quantitative estimate of drug-likeness (QED) is 0.802. The summed E-state index contributed by atoms with van der Waals surface area (Å²) in [6, 6.07) is 10.5. The summed E-state index contributed by atoms with van der Waals surface area (Å²) in [6.07, 6.45) is 2.72. The number of hydrogen-bond donors (Lipinski definition) is 1. The van der Waals surface area contributed by atoms with Crippen molar-refractivity contribution in [2.45, 2.75) is 31.9 Å². The highest BCUT2D eigenvalue weighted by Crippen LogP contribution is 2.14. The van der Waals surface area contributed by atoms with Crippen molar-refractivity contribution in [2.24, 2.45) is 0 Å². The number of nitrogens with one attached hydrogen (secondary N) is 1. The van der Waals surface area contributed by atoms with Crippen LogP contribution in [-0.2, 0) is 4.74 Å². The fourth-order valence-electron chi connectivity index (χ4n) is 2.01. The monoisotopic (exact) mass is 229 g/mol. The summed E-state index contributed by atoms with van der Waals surface area (Å²) in [7, 11) is 0. The minimum absolute atomic E-state index is 0.369. The van der Waals surface area contributed by atoms with Crippen molar-refractivity contribution in [3.05, 3.63) is 35.9 Å². The first-order valence-corrected chi connectivity index (χ1v) is 6.25. The van der Waals surface area contributed by atoms with Gasteiger partial charge in [0.05, 0.1) is 12.6 Å². The van der Waals surface area contributed by atoms with Gasteiger partial charge in [-0.05, 0) is 31.9 Å². The topological polar surface area (TPSA) is 21.3 Å². The van der Waals surface area contributed by atoms with Crippen LogP contribution in [0.25, 0.3) is 0 Å². The van der Waals surface area contributed by atoms with Crippen LogP contribution in [0.15, 0.2) is 30.3 Å². The van der Waals surface area contributed by atoms with Gasteiger partial charge >= 0.3 is 0 Å². The first kappa shape index (κ1) is 12.2. The van der Waals surface area contributed by atoms with E-state index in [1.54, 1.807) is 0 Å². The average Bonchev–Trinajstić information content (AvgIpc) is 2.89. The molecule has 0 aromatic heterocycles. The Hall–Kier alpha value is -1.30. The molecule has 17 heavy (non-hydrogen) atoms. The summed E-state index contributed by atoms with van der Waals surface area (Å²) in [4.78, 5) is 0. The molecule has 0 amide bonds. The maximum absolute atomic E-state index is 5.62. The number of hydrogen-bond acceptors (Lipinski definition) is 2. The van der Waals surface area contributed by atoms with Gasteiger partial charge in [0.15, 0.2) is 0 Å². The lowest BCUT2D eigenvalue weighted by Crippen LogP contribution is -2.37. The zero-order chi connectivity index (χ0) is 11.9. The van der Waals surface area contributed by atoms with Gasteiger partial charge < -0.3 is 10.1 Å². The van der Waals surface area contributed by atoms with Gasteiger partial charge in [-0.1, -0.05) is 30.0 Å². The van der Waals surface area contributed by atoms with Crippen molar-refractivity contribution in [3.8, 4) is 11.8 Å². The van der Waals surface area contributed by atoms with Gasteiger partial charge in [-0.2, -0.15) is 0 Å². The highest BCUT2D eigenvalue weighted by atomic mass is 16.5. The molecule has 90 valence electrons. The van der Waals surface area contributed by atoms with Gasteiger partial charge in [0, 0.05) is 18.2 Å². The Morgan fingerprint density at radius 1 is 1.41 bits per heavy atom. The first-order valence-electron chi connectivity index (χ1n) is 6.25. The van der Waals surface area contributed by atoms with Gasteiger partial charge in [0.2, 0.25) is 0 Å². The largest absolute Gasteiger partial charge is 0.377 e. The van der Waals surface area contributed by atoms with Crippen LogP contribution in [-0.4, -0.2) is 25.3 Å². The molecule has 2 rings (SSSR count). The minimum atomic E-state index is 0.369. The molecule has 0 spiro atoms. The molecule has 0 saturated carbocycles. The number of ether oxygens (including phenoxy) is 1. The van der Waals surface area contributed by atoms with Crippen LogP contribution in [0, 0.1) is 11.8 Å². The van der Waals surface area contributed by atoms with Crippen molar-refractivity contribution < 1.29 is 4.74 Å². The normalized spacial score (nSPS) is 20.6. The van der Waals surface area contributed by atoms with Gasteiger partial charge in [-0.25, -0.2) is 0 Å². The summed E-state index contributed by atoms with van der Waals surface area (Å²) in [5.41, 5.74) is 1.07.